The lowest BCUT2D eigenvalue weighted by Crippen LogP contribution is -2.20. The SMILES string of the molecule is Cc1c([N+](=O)[O-])c([N+](=O)[O-])nn1CC(=O)Nc1ccc([N+](=O)[O-])cc1Cl. The number of rotatable bonds is 6. The van der Waals surface area contributed by atoms with E-state index in [1.807, 2.05) is 0 Å². The number of anilines is 1. The Kier molecular flexibility index (Phi) is 5.11. The number of amides is 1. The summed E-state index contributed by atoms with van der Waals surface area (Å²) < 4.78 is 0.810. The third kappa shape index (κ3) is 3.72. The van der Waals surface area contributed by atoms with Gasteiger partial charge in [0.15, 0.2) is 0 Å². The third-order valence-corrected chi connectivity index (χ3v) is 3.56. The lowest BCUT2D eigenvalue weighted by molar-refractivity contribution is -0.424. The standard InChI is InChI=1S/C12H9ClN6O7/c1-6-11(18(23)24)12(19(25)26)15-16(6)5-10(20)14-9-3-2-7(17(21)22)4-8(9)13/h2-4H,5H2,1H3,(H,14,20). The van der Waals surface area contributed by atoms with E-state index in [-0.39, 0.29) is 22.1 Å². The summed E-state index contributed by atoms with van der Waals surface area (Å²) in [6.07, 6.45) is 0. The summed E-state index contributed by atoms with van der Waals surface area (Å²) in [5.74, 6) is -1.72. The van der Waals surface area contributed by atoms with E-state index in [1.165, 1.54) is 13.0 Å². The van der Waals surface area contributed by atoms with Crippen LogP contribution in [-0.4, -0.2) is 30.5 Å². The first-order valence-corrected chi connectivity index (χ1v) is 7.09. The monoisotopic (exact) mass is 384 g/mol. The van der Waals surface area contributed by atoms with Crippen molar-refractivity contribution in [3.05, 3.63) is 59.3 Å². The summed E-state index contributed by atoms with van der Waals surface area (Å²) in [4.78, 5) is 41.9. The molecule has 1 heterocycles. The molecule has 13 nitrogen and oxygen atoms in total. The second-order valence-electron chi connectivity index (χ2n) is 4.90. The first-order valence-electron chi connectivity index (χ1n) is 6.71. The number of nitro groups is 3. The van der Waals surface area contributed by atoms with E-state index >= 15 is 0 Å². The Bertz CT molecular complexity index is 940. The molecule has 0 aliphatic heterocycles. The fourth-order valence-corrected chi connectivity index (χ4v) is 2.28. The first-order chi connectivity index (χ1) is 12.1. The number of nitrogens with zero attached hydrogens (tertiary/aromatic N) is 5. The summed E-state index contributed by atoms with van der Waals surface area (Å²) in [6.45, 7) is 0.651. The molecule has 1 aromatic heterocycles. The number of nitrogens with one attached hydrogen (secondary N) is 1. The number of benzene rings is 1. The second kappa shape index (κ2) is 7.10. The average Bonchev–Trinajstić information content (AvgIpc) is 2.86. The van der Waals surface area contributed by atoms with Gasteiger partial charge in [-0.1, -0.05) is 11.6 Å². The van der Waals surface area contributed by atoms with Crippen molar-refractivity contribution in [3.8, 4) is 0 Å². The predicted octanol–water partition coefficient (Wildman–Crippen LogP) is 2.21. The molecule has 0 fully saturated rings. The van der Waals surface area contributed by atoms with E-state index in [1.54, 1.807) is 0 Å². The number of hydrogen-bond acceptors (Lipinski definition) is 8. The Morgan fingerprint density at radius 3 is 2.31 bits per heavy atom. The highest BCUT2D eigenvalue weighted by Gasteiger charge is 2.35. The maximum atomic E-state index is 12.1. The van der Waals surface area contributed by atoms with Crippen LogP contribution in [0.25, 0.3) is 0 Å². The van der Waals surface area contributed by atoms with Crippen molar-refractivity contribution in [1.82, 2.24) is 9.78 Å². The topological polar surface area (TPSA) is 176 Å². The largest absolute Gasteiger partial charge is 0.468 e. The van der Waals surface area contributed by atoms with Gasteiger partial charge < -0.3 is 15.4 Å². The zero-order chi connectivity index (χ0) is 19.6. The summed E-state index contributed by atoms with van der Waals surface area (Å²) in [6, 6.07) is 3.36. The normalized spacial score (nSPS) is 10.4. The van der Waals surface area contributed by atoms with Crippen molar-refractivity contribution in [2.75, 3.05) is 5.32 Å². The van der Waals surface area contributed by atoms with Crippen LogP contribution in [0.2, 0.25) is 5.02 Å². The summed E-state index contributed by atoms with van der Waals surface area (Å²) in [7, 11) is 0. The van der Waals surface area contributed by atoms with Crippen LogP contribution < -0.4 is 5.32 Å². The van der Waals surface area contributed by atoms with Crippen molar-refractivity contribution >= 4 is 40.4 Å². The molecule has 1 N–H and O–H groups in total. The maximum absolute atomic E-state index is 12.1. The van der Waals surface area contributed by atoms with E-state index in [4.69, 9.17) is 11.6 Å². The van der Waals surface area contributed by atoms with Gasteiger partial charge in [-0.15, -0.1) is 0 Å². The number of nitro benzene ring substituents is 1. The third-order valence-electron chi connectivity index (χ3n) is 3.24. The van der Waals surface area contributed by atoms with Crippen LogP contribution in [0.3, 0.4) is 0 Å². The van der Waals surface area contributed by atoms with Crippen LogP contribution in [0.5, 0.6) is 0 Å². The molecule has 0 bridgehead atoms. The number of non-ortho nitro benzene ring substituents is 1. The number of carbonyl (C=O) groups is 1. The Morgan fingerprint density at radius 2 is 1.85 bits per heavy atom. The minimum absolute atomic E-state index is 0.0658. The molecule has 2 aromatic rings. The summed E-state index contributed by atoms with van der Waals surface area (Å²) in [5, 5.41) is 38.2. The molecular formula is C12H9ClN6O7. The molecule has 0 unspecified atom stereocenters. The second-order valence-corrected chi connectivity index (χ2v) is 5.31. The van der Waals surface area contributed by atoms with Crippen molar-refractivity contribution in [1.29, 1.82) is 0 Å². The molecule has 0 radical (unpaired) electrons. The molecule has 26 heavy (non-hydrogen) atoms. The molecule has 14 heteroatoms. The molecular weight excluding hydrogens is 376 g/mol. The van der Waals surface area contributed by atoms with Crippen molar-refractivity contribution < 1.29 is 19.6 Å². The van der Waals surface area contributed by atoms with Gasteiger partial charge in [0, 0.05) is 12.1 Å². The molecule has 0 atom stereocenters. The minimum atomic E-state index is -1.02. The molecule has 136 valence electrons. The number of hydrogen-bond donors (Lipinski definition) is 1. The van der Waals surface area contributed by atoms with E-state index in [2.05, 4.69) is 10.4 Å². The molecule has 0 aliphatic carbocycles. The molecule has 0 saturated heterocycles. The molecule has 0 saturated carbocycles. The van der Waals surface area contributed by atoms with Gasteiger partial charge in [0.1, 0.15) is 12.2 Å². The van der Waals surface area contributed by atoms with Gasteiger partial charge in [-0.2, -0.15) is 4.68 Å². The molecule has 0 spiro atoms. The average molecular weight is 385 g/mol. The Labute approximate surface area is 148 Å². The Morgan fingerprint density at radius 1 is 1.19 bits per heavy atom. The molecule has 0 aliphatic rings. The fraction of sp³-hybridized carbons (Fsp3) is 0.167. The van der Waals surface area contributed by atoms with Gasteiger partial charge in [0.05, 0.1) is 25.7 Å². The minimum Gasteiger partial charge on any atom is -0.358 e. The van der Waals surface area contributed by atoms with Gasteiger partial charge >= 0.3 is 11.5 Å². The van der Waals surface area contributed by atoms with Crippen molar-refractivity contribution in [3.63, 3.8) is 0 Å². The zero-order valence-electron chi connectivity index (χ0n) is 12.9. The van der Waals surface area contributed by atoms with Gasteiger partial charge in [0.25, 0.3) is 5.69 Å². The lowest BCUT2D eigenvalue weighted by atomic mass is 10.3. The van der Waals surface area contributed by atoms with E-state index < -0.39 is 38.7 Å². The van der Waals surface area contributed by atoms with Crippen LogP contribution in [0.15, 0.2) is 18.2 Å². The van der Waals surface area contributed by atoms with Gasteiger partial charge in [-0.25, -0.2) is 0 Å². The van der Waals surface area contributed by atoms with E-state index in [9.17, 15) is 35.1 Å². The van der Waals surface area contributed by atoms with Crippen LogP contribution in [0.1, 0.15) is 5.69 Å². The number of halogens is 1. The van der Waals surface area contributed by atoms with Crippen LogP contribution >= 0.6 is 11.6 Å². The van der Waals surface area contributed by atoms with Crippen molar-refractivity contribution in [2.45, 2.75) is 13.5 Å². The Balaban J connectivity index is 2.23. The quantitative estimate of drug-likeness (QED) is 0.581. The lowest BCUT2D eigenvalue weighted by Gasteiger charge is -2.06. The highest BCUT2D eigenvalue weighted by Crippen LogP contribution is 2.29. The number of carbonyl (C=O) groups excluding carboxylic acids is 1. The predicted molar refractivity (Wildman–Crippen MR) is 87.0 cm³/mol. The molecule has 1 aromatic carbocycles. The van der Waals surface area contributed by atoms with E-state index in [0.29, 0.717) is 0 Å². The highest BCUT2D eigenvalue weighted by molar-refractivity contribution is 6.33. The smallest absolute Gasteiger partial charge is 0.358 e. The van der Waals surface area contributed by atoms with Crippen LogP contribution in [0.4, 0.5) is 22.9 Å². The van der Waals surface area contributed by atoms with E-state index in [0.717, 1.165) is 16.8 Å². The van der Waals surface area contributed by atoms with Crippen LogP contribution in [0, 0.1) is 37.3 Å². The summed E-state index contributed by atoms with van der Waals surface area (Å²) >= 11 is 5.84. The highest BCUT2D eigenvalue weighted by atomic mass is 35.5. The maximum Gasteiger partial charge on any atom is 0.468 e. The fourth-order valence-electron chi connectivity index (χ4n) is 2.06. The van der Waals surface area contributed by atoms with Crippen molar-refractivity contribution in [2.24, 2.45) is 0 Å². The first kappa shape index (κ1) is 18.7. The molecule has 1 amide bonds. The zero-order valence-corrected chi connectivity index (χ0v) is 13.7. The van der Waals surface area contributed by atoms with Gasteiger partial charge in [-0.05, 0) is 17.9 Å². The summed E-state index contributed by atoms with van der Waals surface area (Å²) in [5.41, 5.74) is -1.19. The van der Waals surface area contributed by atoms with Gasteiger partial charge in [0.2, 0.25) is 5.91 Å². The Hall–Kier alpha value is -3.61. The number of aromatic nitrogens is 2. The molecule has 2 rings (SSSR count). The van der Waals surface area contributed by atoms with Crippen LogP contribution in [-0.2, 0) is 11.3 Å². The van der Waals surface area contributed by atoms with Gasteiger partial charge in [-0.3, -0.25) is 25.0 Å².